The van der Waals surface area contributed by atoms with Crippen molar-refractivity contribution in [1.29, 1.82) is 0 Å². The van der Waals surface area contributed by atoms with Crippen LogP contribution < -0.4 is 4.90 Å². The number of amides is 2. The van der Waals surface area contributed by atoms with Crippen LogP contribution in [0.4, 0.5) is 5.69 Å². The summed E-state index contributed by atoms with van der Waals surface area (Å²) in [7, 11) is 1.83. The van der Waals surface area contributed by atoms with Crippen LogP contribution in [-0.2, 0) is 16.0 Å². The Hall–Kier alpha value is -2.70. The minimum atomic E-state index is -0.528. The maximum atomic E-state index is 13.6. The molecule has 2 aliphatic heterocycles. The van der Waals surface area contributed by atoms with Crippen LogP contribution in [0.2, 0.25) is 0 Å². The highest BCUT2D eigenvalue weighted by Crippen LogP contribution is 2.34. The lowest BCUT2D eigenvalue weighted by Gasteiger charge is -2.35. The van der Waals surface area contributed by atoms with Gasteiger partial charge in [0.15, 0.2) is 0 Å². The third-order valence-electron chi connectivity index (χ3n) is 6.28. The van der Waals surface area contributed by atoms with Gasteiger partial charge < -0.3 is 10.0 Å². The number of para-hydroxylation sites is 1. The van der Waals surface area contributed by atoms with Crippen molar-refractivity contribution in [1.82, 2.24) is 9.80 Å². The lowest BCUT2D eigenvalue weighted by molar-refractivity contribution is -0.135. The van der Waals surface area contributed by atoms with Crippen LogP contribution in [0.3, 0.4) is 0 Å². The number of anilines is 1. The van der Waals surface area contributed by atoms with Gasteiger partial charge in [0, 0.05) is 45.7 Å². The zero-order valence-electron chi connectivity index (χ0n) is 17.6. The predicted molar refractivity (Wildman–Crippen MR) is 116 cm³/mol. The second kappa shape index (κ2) is 8.58. The summed E-state index contributed by atoms with van der Waals surface area (Å²) in [6, 6.07) is 17.0. The van der Waals surface area contributed by atoms with Crippen molar-refractivity contribution in [3.63, 3.8) is 0 Å². The van der Waals surface area contributed by atoms with Gasteiger partial charge in [-0.3, -0.25) is 19.4 Å². The first-order valence-electron chi connectivity index (χ1n) is 10.6. The van der Waals surface area contributed by atoms with Crippen molar-refractivity contribution in [2.24, 2.45) is 0 Å². The largest absolute Gasteiger partial charge is 0.392 e. The number of carbonyl (C=O) groups excluding carboxylic acids is 2. The van der Waals surface area contributed by atoms with Gasteiger partial charge in [-0.2, -0.15) is 0 Å². The molecule has 1 saturated heterocycles. The first-order chi connectivity index (χ1) is 14.5. The highest BCUT2D eigenvalue weighted by atomic mass is 16.3. The smallest absolute Gasteiger partial charge is 0.246 e. The molecular weight excluding hydrogens is 378 g/mol. The molecule has 0 aromatic heterocycles. The molecule has 30 heavy (non-hydrogen) atoms. The summed E-state index contributed by atoms with van der Waals surface area (Å²) >= 11 is 0. The standard InChI is InChI=1S/C24H29N3O3/c1-17(28)27-21-11-7-6-10-19(21)14-22(27)24(30)25(2)23(18-8-4-3-5-9-18)16-26-13-12-20(29)15-26/h3-11,20,22-23,29H,12-16H2,1-2H3/t20-,22+,23+/m0/s1. The summed E-state index contributed by atoms with van der Waals surface area (Å²) in [6.45, 7) is 3.62. The van der Waals surface area contributed by atoms with Crippen molar-refractivity contribution in [3.05, 3.63) is 65.7 Å². The maximum Gasteiger partial charge on any atom is 0.246 e. The Balaban J connectivity index is 1.60. The molecule has 0 radical (unpaired) electrons. The van der Waals surface area contributed by atoms with E-state index < -0.39 is 6.04 Å². The second-order valence-corrected chi connectivity index (χ2v) is 8.32. The molecule has 0 saturated carbocycles. The van der Waals surface area contributed by atoms with Crippen LogP contribution in [0.15, 0.2) is 54.6 Å². The SMILES string of the molecule is CC(=O)N1c2ccccc2C[C@@H]1C(=O)N(C)[C@H](CN1CC[C@H](O)C1)c1ccccc1. The Kier molecular flexibility index (Phi) is 5.88. The summed E-state index contributed by atoms with van der Waals surface area (Å²) in [5, 5.41) is 9.93. The zero-order chi connectivity index (χ0) is 21.3. The van der Waals surface area contributed by atoms with Crippen LogP contribution in [0, 0.1) is 0 Å². The van der Waals surface area contributed by atoms with Gasteiger partial charge >= 0.3 is 0 Å². The van der Waals surface area contributed by atoms with E-state index in [1.165, 1.54) is 6.92 Å². The molecule has 0 bridgehead atoms. The molecule has 2 amide bonds. The van der Waals surface area contributed by atoms with Crippen LogP contribution in [0.5, 0.6) is 0 Å². The summed E-state index contributed by atoms with van der Waals surface area (Å²) in [6.07, 6.45) is 0.984. The highest BCUT2D eigenvalue weighted by Gasteiger charge is 2.40. The van der Waals surface area contributed by atoms with Gasteiger partial charge in [0.2, 0.25) is 11.8 Å². The highest BCUT2D eigenvalue weighted by molar-refractivity contribution is 6.02. The minimum Gasteiger partial charge on any atom is -0.392 e. The van der Waals surface area contributed by atoms with Crippen molar-refractivity contribution in [3.8, 4) is 0 Å². The van der Waals surface area contributed by atoms with E-state index in [9.17, 15) is 14.7 Å². The van der Waals surface area contributed by atoms with Crippen LogP contribution in [-0.4, -0.2) is 65.5 Å². The van der Waals surface area contributed by atoms with E-state index in [-0.39, 0.29) is 24.0 Å². The Labute approximate surface area is 177 Å². The number of hydrogen-bond donors (Lipinski definition) is 1. The zero-order valence-corrected chi connectivity index (χ0v) is 17.6. The number of carbonyl (C=O) groups is 2. The van der Waals surface area contributed by atoms with Crippen molar-refractivity contribution in [2.45, 2.75) is 38.0 Å². The summed E-state index contributed by atoms with van der Waals surface area (Å²) in [5.74, 6) is -0.180. The maximum absolute atomic E-state index is 13.6. The van der Waals surface area contributed by atoms with Crippen molar-refractivity contribution in [2.75, 3.05) is 31.6 Å². The van der Waals surface area contributed by atoms with Crippen molar-refractivity contribution < 1.29 is 14.7 Å². The Bertz CT molecular complexity index is 917. The van der Waals surface area contributed by atoms with E-state index >= 15 is 0 Å². The fraction of sp³-hybridized carbons (Fsp3) is 0.417. The second-order valence-electron chi connectivity index (χ2n) is 8.32. The van der Waals surface area contributed by atoms with E-state index in [0.29, 0.717) is 19.5 Å². The Morgan fingerprint density at radius 2 is 1.83 bits per heavy atom. The normalized spacial score (nSPS) is 22.0. The number of aliphatic hydroxyl groups is 1. The summed E-state index contributed by atoms with van der Waals surface area (Å²) < 4.78 is 0. The quantitative estimate of drug-likeness (QED) is 0.826. The first kappa shape index (κ1) is 20.6. The van der Waals surface area contributed by atoms with E-state index in [4.69, 9.17) is 0 Å². The lowest BCUT2D eigenvalue weighted by Crippen LogP contribution is -2.50. The minimum absolute atomic E-state index is 0.0602. The third kappa shape index (κ3) is 3.98. The number of benzene rings is 2. The fourth-order valence-electron chi connectivity index (χ4n) is 4.71. The summed E-state index contributed by atoms with van der Waals surface area (Å²) in [4.78, 5) is 31.7. The number of likely N-dealkylation sites (tertiary alicyclic amines) is 1. The van der Waals surface area contributed by atoms with Gasteiger partial charge in [0.05, 0.1) is 12.1 Å². The molecule has 2 aromatic rings. The number of nitrogens with zero attached hydrogens (tertiary/aromatic N) is 3. The molecule has 0 unspecified atom stereocenters. The van der Waals surface area contributed by atoms with Crippen LogP contribution in [0.1, 0.15) is 30.5 Å². The Morgan fingerprint density at radius 1 is 1.13 bits per heavy atom. The average molecular weight is 408 g/mol. The number of likely N-dealkylation sites (N-methyl/N-ethyl adjacent to an activating group) is 1. The average Bonchev–Trinajstić information content (AvgIpc) is 3.34. The third-order valence-corrected chi connectivity index (χ3v) is 6.28. The van der Waals surface area contributed by atoms with Crippen LogP contribution >= 0.6 is 0 Å². The molecule has 0 aliphatic carbocycles. The van der Waals surface area contributed by atoms with Crippen molar-refractivity contribution >= 4 is 17.5 Å². The molecule has 1 N–H and O–H groups in total. The lowest BCUT2D eigenvalue weighted by atomic mass is 10.0. The molecule has 2 aliphatic rings. The van der Waals surface area contributed by atoms with E-state index in [1.807, 2.05) is 61.6 Å². The number of rotatable bonds is 5. The molecule has 2 heterocycles. The predicted octanol–water partition coefficient (Wildman–Crippen LogP) is 2.23. The van der Waals surface area contributed by atoms with Gasteiger partial charge in [0.25, 0.3) is 0 Å². The fourth-order valence-corrected chi connectivity index (χ4v) is 4.71. The molecule has 1 fully saturated rings. The molecule has 6 nitrogen and oxygen atoms in total. The molecule has 0 spiro atoms. The topological polar surface area (TPSA) is 64.1 Å². The number of hydrogen-bond acceptors (Lipinski definition) is 4. The number of β-amino-alcohol motifs (C(OH)–C–C–N with tert-alkyl or cyclic N) is 1. The molecule has 6 heteroatoms. The monoisotopic (exact) mass is 407 g/mol. The van der Waals surface area contributed by atoms with Gasteiger partial charge in [-0.1, -0.05) is 48.5 Å². The molecule has 2 aromatic carbocycles. The van der Waals surface area contributed by atoms with Gasteiger partial charge in [-0.05, 0) is 23.6 Å². The first-order valence-corrected chi connectivity index (χ1v) is 10.6. The summed E-state index contributed by atoms with van der Waals surface area (Å²) in [5.41, 5.74) is 2.91. The number of fused-ring (bicyclic) bond motifs is 1. The molecule has 3 atom stereocenters. The molecular formula is C24H29N3O3. The van der Waals surface area contributed by atoms with E-state index in [2.05, 4.69) is 4.90 Å². The van der Waals surface area contributed by atoms with E-state index in [0.717, 1.165) is 29.8 Å². The van der Waals surface area contributed by atoms with Gasteiger partial charge in [-0.15, -0.1) is 0 Å². The van der Waals surface area contributed by atoms with Crippen LogP contribution in [0.25, 0.3) is 0 Å². The molecule has 4 rings (SSSR count). The van der Waals surface area contributed by atoms with Gasteiger partial charge in [-0.25, -0.2) is 0 Å². The molecule has 158 valence electrons. The van der Waals surface area contributed by atoms with Gasteiger partial charge in [0.1, 0.15) is 6.04 Å². The number of aliphatic hydroxyl groups excluding tert-OH is 1. The van der Waals surface area contributed by atoms with E-state index in [1.54, 1.807) is 9.80 Å². The Morgan fingerprint density at radius 3 is 2.50 bits per heavy atom.